The van der Waals surface area contributed by atoms with E-state index < -0.39 is 0 Å². The molecule has 0 aliphatic heterocycles. The first-order chi connectivity index (χ1) is 12.3. The van der Waals surface area contributed by atoms with Crippen molar-refractivity contribution in [1.29, 1.82) is 0 Å². The third-order valence-electron chi connectivity index (χ3n) is 3.33. The zero-order chi connectivity index (χ0) is 17.1. The fourth-order valence-electron chi connectivity index (χ4n) is 2.21. The van der Waals surface area contributed by atoms with Crippen molar-refractivity contribution in [2.75, 3.05) is 11.1 Å². The molecule has 9 heteroatoms. The SMILES string of the molecule is O=C(CSc1nc(-c2ccccc2)nc2[nH]ncc12)Nc1nccs1. The minimum atomic E-state index is -0.128. The predicted octanol–water partition coefficient (Wildman–Crippen LogP) is 3.21. The summed E-state index contributed by atoms with van der Waals surface area (Å²) in [6.07, 6.45) is 3.32. The van der Waals surface area contributed by atoms with E-state index in [1.165, 1.54) is 23.1 Å². The highest BCUT2D eigenvalue weighted by atomic mass is 32.2. The fraction of sp³-hybridized carbons (Fsp3) is 0.0625. The summed E-state index contributed by atoms with van der Waals surface area (Å²) < 4.78 is 0. The van der Waals surface area contributed by atoms with Crippen molar-refractivity contribution in [3.8, 4) is 11.4 Å². The number of hydrogen-bond donors (Lipinski definition) is 2. The maximum Gasteiger partial charge on any atom is 0.236 e. The standard InChI is InChI=1S/C16H12N6OS2/c23-12(19-16-17-6-7-24-16)9-25-15-11-8-18-22-14(11)20-13(21-15)10-4-2-1-3-5-10/h1-8H,9H2,(H,17,19,23)(H,18,20,21,22). The summed E-state index contributed by atoms with van der Waals surface area (Å²) in [6, 6.07) is 9.70. The highest BCUT2D eigenvalue weighted by Gasteiger charge is 2.13. The molecule has 25 heavy (non-hydrogen) atoms. The predicted molar refractivity (Wildman–Crippen MR) is 98.6 cm³/mol. The smallest absolute Gasteiger partial charge is 0.236 e. The van der Waals surface area contributed by atoms with E-state index in [0.29, 0.717) is 21.6 Å². The molecule has 1 aromatic carbocycles. The van der Waals surface area contributed by atoms with Gasteiger partial charge < -0.3 is 5.32 Å². The van der Waals surface area contributed by atoms with Gasteiger partial charge in [0, 0.05) is 17.1 Å². The molecule has 0 aliphatic carbocycles. The molecule has 4 rings (SSSR count). The second-order valence-electron chi connectivity index (χ2n) is 5.02. The molecular formula is C16H12N6OS2. The normalized spacial score (nSPS) is 10.9. The number of hydrogen-bond acceptors (Lipinski definition) is 7. The van der Waals surface area contributed by atoms with Gasteiger partial charge in [0.05, 0.1) is 17.3 Å². The van der Waals surface area contributed by atoms with Gasteiger partial charge in [0.15, 0.2) is 16.6 Å². The zero-order valence-corrected chi connectivity index (χ0v) is 14.5. The lowest BCUT2D eigenvalue weighted by atomic mass is 10.2. The number of fused-ring (bicyclic) bond motifs is 1. The maximum atomic E-state index is 12.1. The third-order valence-corrected chi connectivity index (χ3v) is 5.01. The number of aromatic nitrogens is 5. The number of nitrogens with zero attached hydrogens (tertiary/aromatic N) is 4. The van der Waals surface area contributed by atoms with Crippen LogP contribution in [0.25, 0.3) is 22.4 Å². The molecule has 3 aromatic heterocycles. The molecule has 0 radical (unpaired) electrons. The zero-order valence-electron chi connectivity index (χ0n) is 12.8. The number of thiazole rings is 1. The Kier molecular flexibility index (Phi) is 4.40. The number of aromatic amines is 1. The quantitative estimate of drug-likeness (QED) is 0.415. The van der Waals surface area contributed by atoms with Crippen LogP contribution < -0.4 is 5.32 Å². The summed E-state index contributed by atoms with van der Waals surface area (Å²) in [4.78, 5) is 25.2. The second kappa shape index (κ2) is 6.99. The van der Waals surface area contributed by atoms with Gasteiger partial charge in [-0.2, -0.15) is 5.10 Å². The average molecular weight is 368 g/mol. The number of H-pyrrole nitrogens is 1. The van der Waals surface area contributed by atoms with Crippen LogP contribution in [0.4, 0.5) is 5.13 Å². The van der Waals surface area contributed by atoms with E-state index in [1.54, 1.807) is 12.4 Å². The number of carbonyl (C=O) groups is 1. The molecule has 0 aliphatic rings. The van der Waals surface area contributed by atoms with Crippen LogP contribution in [0, 0.1) is 0 Å². The molecule has 0 bridgehead atoms. The molecule has 1 amide bonds. The van der Waals surface area contributed by atoms with E-state index in [0.717, 1.165) is 10.9 Å². The van der Waals surface area contributed by atoms with Crippen LogP contribution in [-0.2, 0) is 4.79 Å². The van der Waals surface area contributed by atoms with E-state index in [2.05, 4.69) is 30.5 Å². The molecule has 2 N–H and O–H groups in total. The molecule has 3 heterocycles. The molecule has 0 unspecified atom stereocenters. The Bertz CT molecular complexity index is 1000. The van der Waals surface area contributed by atoms with Crippen LogP contribution >= 0.6 is 23.1 Å². The van der Waals surface area contributed by atoms with E-state index in [1.807, 2.05) is 35.7 Å². The van der Waals surface area contributed by atoms with Crippen LogP contribution in [0.1, 0.15) is 0 Å². The number of anilines is 1. The largest absolute Gasteiger partial charge is 0.301 e. The molecular weight excluding hydrogens is 356 g/mol. The van der Waals surface area contributed by atoms with Crippen molar-refractivity contribution in [1.82, 2.24) is 25.1 Å². The molecule has 0 saturated carbocycles. The van der Waals surface area contributed by atoms with Crippen molar-refractivity contribution in [2.45, 2.75) is 5.03 Å². The molecule has 0 spiro atoms. The van der Waals surface area contributed by atoms with Gasteiger partial charge in [0.25, 0.3) is 0 Å². The summed E-state index contributed by atoms with van der Waals surface area (Å²) in [5.41, 5.74) is 1.56. The van der Waals surface area contributed by atoms with Gasteiger partial charge in [0.2, 0.25) is 5.91 Å². The lowest BCUT2D eigenvalue weighted by molar-refractivity contribution is -0.113. The highest BCUT2D eigenvalue weighted by Crippen LogP contribution is 2.27. The van der Waals surface area contributed by atoms with Gasteiger partial charge in [0.1, 0.15) is 5.03 Å². The fourth-order valence-corrected chi connectivity index (χ4v) is 3.55. The Labute approximate surface area is 150 Å². The van der Waals surface area contributed by atoms with Crippen molar-refractivity contribution < 1.29 is 4.79 Å². The summed E-state index contributed by atoms with van der Waals surface area (Å²) >= 11 is 2.73. The maximum absolute atomic E-state index is 12.1. The van der Waals surface area contributed by atoms with E-state index in [9.17, 15) is 4.79 Å². The van der Waals surface area contributed by atoms with Crippen LogP contribution in [0.5, 0.6) is 0 Å². The topological polar surface area (TPSA) is 96.5 Å². The van der Waals surface area contributed by atoms with Gasteiger partial charge in [-0.05, 0) is 0 Å². The van der Waals surface area contributed by atoms with Crippen LogP contribution in [0.15, 0.2) is 53.1 Å². The van der Waals surface area contributed by atoms with E-state index >= 15 is 0 Å². The highest BCUT2D eigenvalue weighted by molar-refractivity contribution is 8.00. The summed E-state index contributed by atoms with van der Waals surface area (Å²) in [5, 5.41) is 13.6. The number of nitrogens with one attached hydrogen (secondary N) is 2. The van der Waals surface area contributed by atoms with Gasteiger partial charge in [-0.15, -0.1) is 11.3 Å². The summed E-state index contributed by atoms with van der Waals surface area (Å²) in [6.45, 7) is 0. The Morgan fingerprint density at radius 3 is 2.92 bits per heavy atom. The monoisotopic (exact) mass is 368 g/mol. The molecule has 4 aromatic rings. The first-order valence-electron chi connectivity index (χ1n) is 7.38. The lowest BCUT2D eigenvalue weighted by Gasteiger charge is -2.06. The molecule has 0 saturated heterocycles. The van der Waals surface area contributed by atoms with Gasteiger partial charge in [-0.25, -0.2) is 15.0 Å². The Morgan fingerprint density at radius 1 is 1.24 bits per heavy atom. The van der Waals surface area contributed by atoms with Crippen molar-refractivity contribution in [3.05, 3.63) is 48.1 Å². The third kappa shape index (κ3) is 3.52. The number of thioether (sulfide) groups is 1. The van der Waals surface area contributed by atoms with Gasteiger partial charge >= 0.3 is 0 Å². The molecule has 0 fully saturated rings. The molecule has 124 valence electrons. The number of carbonyl (C=O) groups excluding carboxylic acids is 1. The van der Waals surface area contributed by atoms with Gasteiger partial charge in [-0.3, -0.25) is 9.89 Å². The minimum Gasteiger partial charge on any atom is -0.301 e. The summed E-state index contributed by atoms with van der Waals surface area (Å²) in [5.74, 6) is 0.696. The van der Waals surface area contributed by atoms with Crippen LogP contribution in [-0.4, -0.2) is 36.8 Å². The average Bonchev–Trinajstić information content (AvgIpc) is 3.31. The van der Waals surface area contributed by atoms with Crippen molar-refractivity contribution >= 4 is 45.2 Å². The Morgan fingerprint density at radius 2 is 2.12 bits per heavy atom. The number of amides is 1. The lowest BCUT2D eigenvalue weighted by Crippen LogP contribution is -2.13. The van der Waals surface area contributed by atoms with Gasteiger partial charge in [-0.1, -0.05) is 42.1 Å². The first-order valence-corrected chi connectivity index (χ1v) is 9.25. The second-order valence-corrected chi connectivity index (χ2v) is 6.88. The van der Waals surface area contributed by atoms with Crippen LogP contribution in [0.3, 0.4) is 0 Å². The molecule has 0 atom stereocenters. The van der Waals surface area contributed by atoms with Crippen molar-refractivity contribution in [3.63, 3.8) is 0 Å². The van der Waals surface area contributed by atoms with Crippen LogP contribution in [0.2, 0.25) is 0 Å². The Hall–Kier alpha value is -2.78. The first kappa shape index (κ1) is 15.7. The van der Waals surface area contributed by atoms with E-state index in [-0.39, 0.29) is 11.7 Å². The van der Waals surface area contributed by atoms with E-state index in [4.69, 9.17) is 0 Å². The number of benzene rings is 1. The van der Waals surface area contributed by atoms with Crippen molar-refractivity contribution in [2.24, 2.45) is 0 Å². The Balaban J connectivity index is 1.58. The minimum absolute atomic E-state index is 0.128. The number of rotatable bonds is 5. The summed E-state index contributed by atoms with van der Waals surface area (Å²) in [7, 11) is 0. The molecule has 7 nitrogen and oxygen atoms in total.